The third-order valence-electron chi connectivity index (χ3n) is 3.34. The van der Waals surface area contributed by atoms with Crippen molar-refractivity contribution in [2.45, 2.75) is 13.5 Å². The van der Waals surface area contributed by atoms with Gasteiger partial charge in [0.05, 0.1) is 10.7 Å². The van der Waals surface area contributed by atoms with E-state index >= 15 is 0 Å². The standard InChI is InChI=1S/C16H15ClN4/c1-12-6-8-18-10-13(12)11-19-15-5-2-4-14(17)16(15)21-9-3-7-20-21/h2-10,19H,11H2,1H3. The van der Waals surface area contributed by atoms with Crippen LogP contribution in [0.4, 0.5) is 5.69 Å². The van der Waals surface area contributed by atoms with E-state index in [2.05, 4.69) is 22.3 Å². The molecule has 3 rings (SSSR count). The average molecular weight is 299 g/mol. The maximum absolute atomic E-state index is 6.32. The van der Waals surface area contributed by atoms with Crippen molar-refractivity contribution in [3.05, 3.63) is 71.3 Å². The highest BCUT2D eigenvalue weighted by Crippen LogP contribution is 2.28. The maximum Gasteiger partial charge on any atom is 0.106 e. The van der Waals surface area contributed by atoms with Gasteiger partial charge in [-0.05, 0) is 42.3 Å². The lowest BCUT2D eigenvalue weighted by Crippen LogP contribution is -2.06. The van der Waals surface area contributed by atoms with Gasteiger partial charge in [-0.15, -0.1) is 0 Å². The minimum atomic E-state index is 0.659. The first-order chi connectivity index (χ1) is 10.3. The van der Waals surface area contributed by atoms with E-state index in [1.165, 1.54) is 5.56 Å². The van der Waals surface area contributed by atoms with Crippen LogP contribution in [-0.2, 0) is 6.54 Å². The highest BCUT2D eigenvalue weighted by Gasteiger charge is 2.09. The number of pyridine rings is 1. The molecule has 1 aromatic carbocycles. The summed E-state index contributed by atoms with van der Waals surface area (Å²) >= 11 is 6.32. The lowest BCUT2D eigenvalue weighted by molar-refractivity contribution is 0.879. The van der Waals surface area contributed by atoms with Crippen LogP contribution in [0, 0.1) is 6.92 Å². The Labute approximate surface area is 128 Å². The second-order valence-electron chi connectivity index (χ2n) is 4.74. The lowest BCUT2D eigenvalue weighted by atomic mass is 10.1. The Morgan fingerprint density at radius 2 is 2.10 bits per heavy atom. The molecule has 0 aliphatic carbocycles. The van der Waals surface area contributed by atoms with Crippen molar-refractivity contribution in [3.8, 4) is 5.69 Å². The number of aryl methyl sites for hydroxylation is 1. The molecule has 1 N–H and O–H groups in total. The summed E-state index contributed by atoms with van der Waals surface area (Å²) in [7, 11) is 0. The van der Waals surface area contributed by atoms with E-state index in [0.717, 1.165) is 16.9 Å². The first-order valence-electron chi connectivity index (χ1n) is 6.67. The van der Waals surface area contributed by atoms with E-state index in [1.807, 2.05) is 42.7 Å². The van der Waals surface area contributed by atoms with Gasteiger partial charge in [-0.3, -0.25) is 4.98 Å². The summed E-state index contributed by atoms with van der Waals surface area (Å²) in [6.07, 6.45) is 7.29. The minimum Gasteiger partial charge on any atom is -0.379 e. The second-order valence-corrected chi connectivity index (χ2v) is 5.15. The van der Waals surface area contributed by atoms with Crippen molar-refractivity contribution < 1.29 is 0 Å². The van der Waals surface area contributed by atoms with Crippen molar-refractivity contribution >= 4 is 17.3 Å². The number of hydrogen-bond donors (Lipinski definition) is 1. The highest BCUT2D eigenvalue weighted by molar-refractivity contribution is 6.33. The molecule has 5 heteroatoms. The number of nitrogens with one attached hydrogen (secondary N) is 1. The third kappa shape index (κ3) is 2.90. The van der Waals surface area contributed by atoms with Gasteiger partial charge >= 0.3 is 0 Å². The average Bonchev–Trinajstić information content (AvgIpc) is 3.00. The zero-order valence-electron chi connectivity index (χ0n) is 11.6. The van der Waals surface area contributed by atoms with Gasteiger partial charge in [-0.25, -0.2) is 4.68 Å². The number of benzene rings is 1. The van der Waals surface area contributed by atoms with Crippen LogP contribution in [0.1, 0.15) is 11.1 Å². The molecule has 0 aliphatic rings. The number of para-hydroxylation sites is 1. The Hall–Kier alpha value is -2.33. The fraction of sp³-hybridized carbons (Fsp3) is 0.125. The van der Waals surface area contributed by atoms with Crippen molar-refractivity contribution in [1.82, 2.24) is 14.8 Å². The van der Waals surface area contributed by atoms with E-state index in [0.29, 0.717) is 11.6 Å². The van der Waals surface area contributed by atoms with Crippen molar-refractivity contribution in [3.63, 3.8) is 0 Å². The van der Waals surface area contributed by atoms with Crippen LogP contribution in [0.2, 0.25) is 5.02 Å². The van der Waals surface area contributed by atoms with Gasteiger partial charge in [0.25, 0.3) is 0 Å². The number of hydrogen-bond acceptors (Lipinski definition) is 3. The molecule has 0 spiro atoms. The molecular formula is C16H15ClN4. The summed E-state index contributed by atoms with van der Waals surface area (Å²) in [5.41, 5.74) is 4.16. The van der Waals surface area contributed by atoms with Crippen molar-refractivity contribution in [2.75, 3.05) is 5.32 Å². The summed E-state index contributed by atoms with van der Waals surface area (Å²) in [5.74, 6) is 0. The number of anilines is 1. The van der Waals surface area contributed by atoms with Crippen molar-refractivity contribution in [2.24, 2.45) is 0 Å². The topological polar surface area (TPSA) is 42.7 Å². The predicted molar refractivity (Wildman–Crippen MR) is 84.9 cm³/mol. The molecule has 0 radical (unpaired) electrons. The van der Waals surface area contributed by atoms with Gasteiger partial charge in [-0.1, -0.05) is 17.7 Å². The fourth-order valence-corrected chi connectivity index (χ4v) is 2.43. The van der Waals surface area contributed by atoms with Crippen LogP contribution in [0.3, 0.4) is 0 Å². The Kier molecular flexibility index (Phi) is 3.88. The van der Waals surface area contributed by atoms with Gasteiger partial charge in [0.1, 0.15) is 5.69 Å². The second kappa shape index (κ2) is 5.97. The van der Waals surface area contributed by atoms with Crippen LogP contribution in [0.25, 0.3) is 5.69 Å². The Morgan fingerprint density at radius 3 is 2.86 bits per heavy atom. The van der Waals surface area contributed by atoms with Gasteiger partial charge < -0.3 is 5.32 Å². The monoisotopic (exact) mass is 298 g/mol. The van der Waals surface area contributed by atoms with Crippen LogP contribution >= 0.6 is 11.6 Å². The maximum atomic E-state index is 6.32. The van der Waals surface area contributed by atoms with E-state index in [9.17, 15) is 0 Å². The first-order valence-corrected chi connectivity index (χ1v) is 7.05. The summed E-state index contributed by atoms with van der Waals surface area (Å²) in [4.78, 5) is 4.16. The number of aromatic nitrogens is 3. The molecule has 21 heavy (non-hydrogen) atoms. The molecule has 3 aromatic rings. The van der Waals surface area contributed by atoms with E-state index in [-0.39, 0.29) is 0 Å². The van der Waals surface area contributed by atoms with Crippen LogP contribution in [0.15, 0.2) is 55.1 Å². The normalized spacial score (nSPS) is 10.6. The molecule has 0 unspecified atom stereocenters. The van der Waals surface area contributed by atoms with Gasteiger partial charge in [0, 0.05) is 31.3 Å². The number of nitrogens with zero attached hydrogens (tertiary/aromatic N) is 3. The lowest BCUT2D eigenvalue weighted by Gasteiger charge is -2.14. The molecule has 0 fully saturated rings. The van der Waals surface area contributed by atoms with Gasteiger partial charge in [0.2, 0.25) is 0 Å². The molecule has 0 saturated heterocycles. The van der Waals surface area contributed by atoms with Crippen LogP contribution < -0.4 is 5.32 Å². The van der Waals surface area contributed by atoms with Crippen LogP contribution in [-0.4, -0.2) is 14.8 Å². The summed E-state index contributed by atoms with van der Waals surface area (Å²) in [5, 5.41) is 8.33. The Bertz CT molecular complexity index is 738. The predicted octanol–water partition coefficient (Wildman–Crippen LogP) is 3.84. The van der Waals surface area contributed by atoms with E-state index in [1.54, 1.807) is 17.1 Å². The highest BCUT2D eigenvalue weighted by atomic mass is 35.5. The molecule has 4 nitrogen and oxygen atoms in total. The zero-order valence-corrected chi connectivity index (χ0v) is 12.4. The summed E-state index contributed by atoms with van der Waals surface area (Å²) < 4.78 is 1.76. The largest absolute Gasteiger partial charge is 0.379 e. The molecule has 0 atom stereocenters. The molecule has 0 saturated carbocycles. The first kappa shape index (κ1) is 13.6. The van der Waals surface area contributed by atoms with Crippen LogP contribution in [0.5, 0.6) is 0 Å². The number of rotatable bonds is 4. The molecule has 0 bridgehead atoms. The minimum absolute atomic E-state index is 0.659. The molecule has 2 aromatic heterocycles. The van der Waals surface area contributed by atoms with E-state index in [4.69, 9.17) is 11.6 Å². The Balaban J connectivity index is 1.90. The van der Waals surface area contributed by atoms with Gasteiger partial charge in [0.15, 0.2) is 0 Å². The molecular weight excluding hydrogens is 284 g/mol. The SMILES string of the molecule is Cc1ccncc1CNc1cccc(Cl)c1-n1cccn1. The molecule has 2 heterocycles. The zero-order chi connectivity index (χ0) is 14.7. The smallest absolute Gasteiger partial charge is 0.106 e. The molecule has 106 valence electrons. The van der Waals surface area contributed by atoms with Gasteiger partial charge in [-0.2, -0.15) is 5.10 Å². The van der Waals surface area contributed by atoms with Crippen molar-refractivity contribution in [1.29, 1.82) is 0 Å². The third-order valence-corrected chi connectivity index (χ3v) is 3.64. The fourth-order valence-electron chi connectivity index (χ4n) is 2.16. The summed E-state index contributed by atoms with van der Waals surface area (Å²) in [6, 6.07) is 9.66. The quantitative estimate of drug-likeness (QED) is 0.796. The Morgan fingerprint density at radius 1 is 1.19 bits per heavy atom. The number of halogens is 1. The molecule has 0 aliphatic heterocycles. The molecule has 0 amide bonds. The summed E-state index contributed by atoms with van der Waals surface area (Å²) in [6.45, 7) is 2.76. The van der Waals surface area contributed by atoms with E-state index < -0.39 is 0 Å².